The number of allylic oxidation sites excluding steroid dienone is 1. The van der Waals surface area contributed by atoms with Gasteiger partial charge < -0.3 is 4.74 Å². The second-order valence-electron chi connectivity index (χ2n) is 3.44. The Labute approximate surface area is 117 Å². The van der Waals surface area contributed by atoms with Crippen molar-refractivity contribution < 1.29 is 22.3 Å². The second kappa shape index (κ2) is 9.35. The van der Waals surface area contributed by atoms with Crippen LogP contribution in [0.5, 0.6) is 5.88 Å². The summed E-state index contributed by atoms with van der Waals surface area (Å²) >= 11 is 1.21. The maximum Gasteiger partial charge on any atom is 0.266 e. The molecule has 1 aromatic heterocycles. The molecule has 1 rings (SSSR count). The lowest BCUT2D eigenvalue weighted by Crippen LogP contribution is -1.99. The van der Waals surface area contributed by atoms with Gasteiger partial charge in [0.25, 0.3) is 12.2 Å². The summed E-state index contributed by atoms with van der Waals surface area (Å²) in [6.07, 6.45) is -0.128. The molecule has 110 valence electrons. The third-order valence-corrected chi connectivity index (χ3v) is 2.82. The Hall–Kier alpha value is -1.57. The molecule has 1 heterocycles. The van der Waals surface area contributed by atoms with Crippen LogP contribution in [0.3, 0.4) is 0 Å². The van der Waals surface area contributed by atoms with Gasteiger partial charge >= 0.3 is 0 Å². The van der Waals surface area contributed by atoms with Gasteiger partial charge in [0.15, 0.2) is 5.16 Å². The first-order valence-corrected chi connectivity index (χ1v) is 6.67. The number of hydrogen-bond donors (Lipinski definition) is 0. The van der Waals surface area contributed by atoms with Crippen LogP contribution in [0.1, 0.15) is 12.8 Å². The largest absolute Gasteiger partial charge is 0.477 e. The molecule has 0 radical (unpaired) electrons. The van der Waals surface area contributed by atoms with Crippen LogP contribution in [0, 0.1) is 0 Å². The van der Waals surface area contributed by atoms with Gasteiger partial charge in [0.1, 0.15) is 0 Å². The van der Waals surface area contributed by atoms with Gasteiger partial charge in [-0.25, -0.2) is 4.98 Å². The first-order valence-electron chi connectivity index (χ1n) is 5.69. The minimum Gasteiger partial charge on any atom is -0.477 e. The van der Waals surface area contributed by atoms with E-state index in [1.54, 1.807) is 0 Å². The van der Waals surface area contributed by atoms with Gasteiger partial charge in [-0.3, -0.25) is 0 Å². The van der Waals surface area contributed by atoms with E-state index in [2.05, 4.69) is 9.97 Å². The summed E-state index contributed by atoms with van der Waals surface area (Å²) in [6, 6.07) is 1.50. The third-order valence-electron chi connectivity index (χ3n) is 1.92. The van der Waals surface area contributed by atoms with E-state index in [9.17, 15) is 17.6 Å². The monoisotopic (exact) mass is 308 g/mol. The molecule has 0 fully saturated rings. The summed E-state index contributed by atoms with van der Waals surface area (Å²) in [4.78, 5) is 7.96. The summed E-state index contributed by atoms with van der Waals surface area (Å²) in [5.74, 6) is 0.679. The molecule has 8 heteroatoms. The van der Waals surface area contributed by atoms with Crippen LogP contribution >= 0.6 is 11.8 Å². The lowest BCUT2D eigenvalue weighted by Gasteiger charge is -2.04. The maximum atomic E-state index is 11.8. The Morgan fingerprint density at radius 2 is 1.85 bits per heavy atom. The molecule has 0 saturated carbocycles. The highest BCUT2D eigenvalue weighted by atomic mass is 32.2. The van der Waals surface area contributed by atoms with Crippen molar-refractivity contribution in [2.75, 3.05) is 12.4 Å². The number of ether oxygens (including phenoxy) is 1. The third kappa shape index (κ3) is 7.78. The van der Waals surface area contributed by atoms with Gasteiger partial charge in [-0.05, 0) is 18.6 Å². The number of thioether (sulfide) groups is 1. The minimum absolute atomic E-state index is 0.0776. The Kier molecular flexibility index (Phi) is 7.71. The molecule has 1 aromatic rings. The first-order chi connectivity index (χ1) is 9.58. The van der Waals surface area contributed by atoms with Crippen LogP contribution in [-0.4, -0.2) is 22.3 Å². The Morgan fingerprint density at radius 1 is 1.15 bits per heavy atom. The van der Waals surface area contributed by atoms with Crippen molar-refractivity contribution in [2.24, 2.45) is 0 Å². The van der Waals surface area contributed by atoms with Gasteiger partial charge in [0.05, 0.1) is 6.61 Å². The zero-order chi connectivity index (χ0) is 14.8. The molecule has 0 bridgehead atoms. The fourth-order valence-electron chi connectivity index (χ4n) is 1.12. The van der Waals surface area contributed by atoms with E-state index in [-0.39, 0.29) is 25.3 Å². The summed E-state index contributed by atoms with van der Waals surface area (Å²) in [5.41, 5.74) is 0. The molecule has 0 aliphatic heterocycles. The average molecular weight is 308 g/mol. The van der Waals surface area contributed by atoms with Crippen molar-refractivity contribution in [1.29, 1.82) is 0 Å². The quantitative estimate of drug-likeness (QED) is 0.311. The highest BCUT2D eigenvalue weighted by Crippen LogP contribution is 2.17. The predicted molar refractivity (Wildman–Crippen MR) is 68.1 cm³/mol. The molecule has 0 aromatic carbocycles. The molecule has 0 spiro atoms. The Bertz CT molecular complexity index is 435. The molecule has 3 nitrogen and oxygen atoms in total. The van der Waals surface area contributed by atoms with Crippen molar-refractivity contribution in [3.8, 4) is 5.88 Å². The first kappa shape index (κ1) is 16.5. The molecule has 0 N–H and O–H groups in total. The number of nitrogens with zero attached hydrogens (tertiary/aromatic N) is 2. The molecule has 0 aliphatic rings. The molecular weight excluding hydrogens is 296 g/mol. The van der Waals surface area contributed by atoms with Gasteiger partial charge in [-0.2, -0.15) is 22.5 Å². The fourth-order valence-corrected chi connectivity index (χ4v) is 1.83. The van der Waals surface area contributed by atoms with Gasteiger partial charge in [0, 0.05) is 24.4 Å². The smallest absolute Gasteiger partial charge is 0.266 e. The number of hydrogen-bond acceptors (Lipinski definition) is 4. The maximum absolute atomic E-state index is 11.8. The van der Waals surface area contributed by atoms with Crippen LogP contribution in [0.25, 0.3) is 0 Å². The van der Waals surface area contributed by atoms with Crippen molar-refractivity contribution in [3.63, 3.8) is 0 Å². The number of aromatic nitrogens is 2. The van der Waals surface area contributed by atoms with Crippen LogP contribution in [0.15, 0.2) is 41.7 Å². The van der Waals surface area contributed by atoms with E-state index in [0.717, 1.165) is 12.2 Å². The van der Waals surface area contributed by atoms with Crippen molar-refractivity contribution in [1.82, 2.24) is 9.97 Å². The summed E-state index contributed by atoms with van der Waals surface area (Å²) < 4.78 is 52.3. The van der Waals surface area contributed by atoms with Crippen LogP contribution in [-0.2, 0) is 0 Å². The molecule has 0 unspecified atom stereocenters. The lowest BCUT2D eigenvalue weighted by atomic mass is 10.4. The number of halogens is 4. The topological polar surface area (TPSA) is 35.0 Å². The highest BCUT2D eigenvalue weighted by Gasteiger charge is 2.01. The molecule has 0 aliphatic carbocycles. The molecule has 0 saturated heterocycles. The van der Waals surface area contributed by atoms with Gasteiger partial charge in [0.2, 0.25) is 5.88 Å². The lowest BCUT2D eigenvalue weighted by molar-refractivity contribution is 0.305. The molecule has 0 atom stereocenters. The standard InChI is InChI=1S/C12H12F4N2OS/c13-9(14)3-1-7-19-11-5-6-17-12(18-11)20-8-2-4-10(15)16/h3-6H,1-2,7-8H2. The van der Waals surface area contributed by atoms with E-state index in [1.165, 1.54) is 24.0 Å². The minimum atomic E-state index is -1.75. The Morgan fingerprint density at radius 3 is 2.55 bits per heavy atom. The Balaban J connectivity index is 2.37. The zero-order valence-corrected chi connectivity index (χ0v) is 11.2. The van der Waals surface area contributed by atoms with Crippen molar-refractivity contribution in [2.45, 2.75) is 18.0 Å². The highest BCUT2D eigenvalue weighted by molar-refractivity contribution is 7.99. The van der Waals surface area contributed by atoms with E-state index < -0.39 is 12.2 Å². The molecule has 20 heavy (non-hydrogen) atoms. The van der Waals surface area contributed by atoms with E-state index in [4.69, 9.17) is 4.74 Å². The van der Waals surface area contributed by atoms with Crippen molar-refractivity contribution >= 4 is 11.8 Å². The SMILES string of the molecule is FC(F)=CCCOc1ccnc(SCCC=C(F)F)n1. The van der Waals surface area contributed by atoms with E-state index >= 15 is 0 Å². The summed E-state index contributed by atoms with van der Waals surface area (Å²) in [7, 11) is 0. The average Bonchev–Trinajstić information content (AvgIpc) is 2.40. The van der Waals surface area contributed by atoms with Crippen molar-refractivity contribution in [3.05, 3.63) is 36.6 Å². The molecule has 0 amide bonds. The van der Waals surface area contributed by atoms with E-state index in [1.807, 2.05) is 0 Å². The normalized spacial score (nSPS) is 10.0. The zero-order valence-electron chi connectivity index (χ0n) is 10.4. The predicted octanol–water partition coefficient (Wildman–Crippen LogP) is 4.29. The molecular formula is C12H12F4N2OS. The van der Waals surface area contributed by atoms with Gasteiger partial charge in [-0.15, -0.1) is 0 Å². The number of rotatable bonds is 8. The van der Waals surface area contributed by atoms with Crippen LogP contribution in [0.2, 0.25) is 0 Å². The van der Waals surface area contributed by atoms with Gasteiger partial charge in [-0.1, -0.05) is 11.8 Å². The summed E-state index contributed by atoms with van der Waals surface area (Å²) in [5, 5.41) is 0.391. The fraction of sp³-hybridized carbons (Fsp3) is 0.333. The van der Waals surface area contributed by atoms with Crippen LogP contribution < -0.4 is 4.74 Å². The second-order valence-corrected chi connectivity index (χ2v) is 4.50. The summed E-state index contributed by atoms with van der Waals surface area (Å²) in [6.45, 7) is 0.0776. The van der Waals surface area contributed by atoms with E-state index in [0.29, 0.717) is 10.9 Å². The van der Waals surface area contributed by atoms with Crippen LogP contribution in [0.4, 0.5) is 17.6 Å².